The van der Waals surface area contributed by atoms with E-state index in [0.29, 0.717) is 0 Å². The number of rotatable bonds is 3. The Morgan fingerprint density at radius 1 is 1.25 bits per heavy atom. The third-order valence-electron chi connectivity index (χ3n) is 3.52. The Morgan fingerprint density at radius 2 is 2.05 bits per heavy atom. The zero-order valence-electron chi connectivity index (χ0n) is 12.2. The van der Waals surface area contributed by atoms with Crippen molar-refractivity contribution < 1.29 is 0 Å². The van der Waals surface area contributed by atoms with Crippen molar-refractivity contribution in [1.29, 1.82) is 0 Å². The molecule has 3 rings (SSSR count). The fourth-order valence-corrected chi connectivity index (χ4v) is 2.45. The van der Waals surface area contributed by atoms with Crippen LogP contribution >= 0.6 is 0 Å². The van der Waals surface area contributed by atoms with Crippen LogP contribution in [0.5, 0.6) is 0 Å². The van der Waals surface area contributed by atoms with Gasteiger partial charge in [-0.3, -0.25) is 9.78 Å². The maximum atomic E-state index is 4.48. The van der Waals surface area contributed by atoms with E-state index in [2.05, 4.69) is 31.7 Å². The van der Waals surface area contributed by atoms with Gasteiger partial charge in [0.15, 0.2) is 5.65 Å². The number of pyridine rings is 1. The van der Waals surface area contributed by atoms with Gasteiger partial charge in [0.1, 0.15) is 0 Å². The lowest BCUT2D eigenvalue weighted by Gasteiger charge is -2.06. The highest BCUT2D eigenvalue weighted by Gasteiger charge is 2.09. The highest BCUT2D eigenvalue weighted by Crippen LogP contribution is 2.19. The Hall–Kier alpha value is -2.37. The fourth-order valence-electron chi connectivity index (χ4n) is 2.45. The molecule has 0 unspecified atom stereocenters. The van der Waals surface area contributed by atoms with Crippen molar-refractivity contribution in [2.75, 3.05) is 5.32 Å². The van der Waals surface area contributed by atoms with Crippen LogP contribution < -0.4 is 5.32 Å². The van der Waals surface area contributed by atoms with Gasteiger partial charge >= 0.3 is 0 Å². The minimum absolute atomic E-state index is 0.721. The number of nitrogens with zero attached hydrogens (tertiary/aromatic N) is 4. The number of aromatic amines is 1. The van der Waals surface area contributed by atoms with Crippen molar-refractivity contribution in [3.05, 3.63) is 34.9 Å². The fraction of sp³-hybridized carbons (Fsp3) is 0.357. The second-order valence-corrected chi connectivity index (χ2v) is 5.09. The van der Waals surface area contributed by atoms with E-state index in [1.165, 1.54) is 0 Å². The first-order chi connectivity index (χ1) is 9.56. The molecule has 3 aromatic heterocycles. The van der Waals surface area contributed by atoms with E-state index in [9.17, 15) is 0 Å². The van der Waals surface area contributed by atoms with Crippen molar-refractivity contribution in [2.45, 2.75) is 27.3 Å². The molecule has 0 aliphatic carbocycles. The van der Waals surface area contributed by atoms with Crippen molar-refractivity contribution in [1.82, 2.24) is 25.0 Å². The summed E-state index contributed by atoms with van der Waals surface area (Å²) in [5.74, 6) is 0. The Kier molecular flexibility index (Phi) is 2.93. The molecule has 0 fully saturated rings. The first kappa shape index (κ1) is 12.7. The number of fused-ring (bicyclic) bond motifs is 1. The number of nitrogens with one attached hydrogen (secondary N) is 2. The van der Waals surface area contributed by atoms with Gasteiger partial charge in [-0.25, -0.2) is 4.98 Å². The summed E-state index contributed by atoms with van der Waals surface area (Å²) >= 11 is 0. The lowest BCUT2D eigenvalue weighted by Crippen LogP contribution is -2.02. The molecule has 0 atom stereocenters. The van der Waals surface area contributed by atoms with Crippen molar-refractivity contribution >= 4 is 16.7 Å². The summed E-state index contributed by atoms with van der Waals surface area (Å²) in [5.41, 5.74) is 6.15. The van der Waals surface area contributed by atoms with Crippen molar-refractivity contribution in [2.24, 2.45) is 7.05 Å². The summed E-state index contributed by atoms with van der Waals surface area (Å²) in [6.45, 7) is 6.72. The maximum Gasteiger partial charge on any atom is 0.157 e. The van der Waals surface area contributed by atoms with E-state index in [-0.39, 0.29) is 0 Å². The lowest BCUT2D eigenvalue weighted by molar-refractivity contribution is 0.773. The lowest BCUT2D eigenvalue weighted by atomic mass is 10.2. The molecule has 3 heterocycles. The average Bonchev–Trinajstić information content (AvgIpc) is 2.89. The van der Waals surface area contributed by atoms with Crippen LogP contribution in [0.2, 0.25) is 0 Å². The topological polar surface area (TPSA) is 71.4 Å². The minimum atomic E-state index is 0.721. The van der Waals surface area contributed by atoms with E-state index in [1.54, 1.807) is 0 Å². The number of hydrogen-bond donors (Lipinski definition) is 2. The van der Waals surface area contributed by atoms with Gasteiger partial charge < -0.3 is 5.32 Å². The average molecular weight is 270 g/mol. The van der Waals surface area contributed by atoms with E-state index in [1.807, 2.05) is 38.7 Å². The molecule has 0 aliphatic rings. The Morgan fingerprint density at radius 3 is 2.75 bits per heavy atom. The van der Waals surface area contributed by atoms with Crippen molar-refractivity contribution in [3.63, 3.8) is 0 Å². The molecule has 0 amide bonds. The first-order valence-corrected chi connectivity index (χ1v) is 6.60. The predicted molar refractivity (Wildman–Crippen MR) is 78.6 cm³/mol. The zero-order valence-corrected chi connectivity index (χ0v) is 12.2. The van der Waals surface area contributed by atoms with E-state index in [0.717, 1.165) is 45.9 Å². The first-order valence-electron chi connectivity index (χ1n) is 6.60. The molecule has 0 aliphatic heterocycles. The van der Waals surface area contributed by atoms with Crippen LogP contribution in [0.4, 0.5) is 5.69 Å². The van der Waals surface area contributed by atoms with E-state index in [4.69, 9.17) is 0 Å². The summed E-state index contributed by atoms with van der Waals surface area (Å²) in [6, 6.07) is 2.14. The monoisotopic (exact) mass is 270 g/mol. The van der Waals surface area contributed by atoms with Crippen LogP contribution in [0.3, 0.4) is 0 Å². The van der Waals surface area contributed by atoms with E-state index >= 15 is 0 Å². The maximum absolute atomic E-state index is 4.48. The van der Waals surface area contributed by atoms with Crippen LogP contribution in [0.15, 0.2) is 12.3 Å². The quantitative estimate of drug-likeness (QED) is 0.765. The van der Waals surface area contributed by atoms with Gasteiger partial charge in [0, 0.05) is 25.2 Å². The summed E-state index contributed by atoms with van der Waals surface area (Å²) in [6.07, 6.45) is 1.89. The van der Waals surface area contributed by atoms with Crippen LogP contribution in [-0.2, 0) is 13.6 Å². The van der Waals surface area contributed by atoms with E-state index < -0.39 is 0 Å². The molecule has 104 valence electrons. The smallest absolute Gasteiger partial charge is 0.157 e. The molecule has 2 N–H and O–H groups in total. The Labute approximate surface area is 117 Å². The Bertz CT molecular complexity index is 748. The third-order valence-corrected chi connectivity index (χ3v) is 3.52. The summed E-state index contributed by atoms with van der Waals surface area (Å²) in [4.78, 5) is 4.48. The second-order valence-electron chi connectivity index (χ2n) is 5.09. The second kappa shape index (κ2) is 4.63. The van der Waals surface area contributed by atoms with Gasteiger partial charge in [0.2, 0.25) is 0 Å². The molecular weight excluding hydrogens is 252 g/mol. The predicted octanol–water partition coefficient (Wildman–Crippen LogP) is 2.23. The highest BCUT2D eigenvalue weighted by atomic mass is 15.3. The molecule has 6 nitrogen and oxygen atoms in total. The van der Waals surface area contributed by atoms with Gasteiger partial charge in [-0.1, -0.05) is 0 Å². The number of anilines is 1. The molecule has 0 saturated heterocycles. The van der Waals surface area contributed by atoms with Crippen LogP contribution in [0.25, 0.3) is 11.0 Å². The normalized spacial score (nSPS) is 11.2. The molecule has 0 radical (unpaired) electrons. The summed E-state index contributed by atoms with van der Waals surface area (Å²) in [7, 11) is 1.92. The molecule has 0 saturated carbocycles. The standard InChI is InChI=1S/C14H18N6/c1-8-12-5-11(7-16-14(12)20(4)19-8)6-15-13-9(2)17-18-10(13)3/h5,7,15H,6H2,1-4H3,(H,17,18). The number of aryl methyl sites for hydroxylation is 4. The zero-order chi connectivity index (χ0) is 14.3. The van der Waals surface area contributed by atoms with Gasteiger partial charge in [0.05, 0.1) is 22.8 Å². The number of aromatic nitrogens is 5. The highest BCUT2D eigenvalue weighted by molar-refractivity contribution is 5.78. The van der Waals surface area contributed by atoms with Crippen molar-refractivity contribution in [3.8, 4) is 0 Å². The van der Waals surface area contributed by atoms with Gasteiger partial charge in [0.25, 0.3) is 0 Å². The minimum Gasteiger partial charge on any atom is -0.378 e. The Balaban J connectivity index is 1.86. The molecular formula is C14H18N6. The third kappa shape index (κ3) is 2.03. The molecule has 6 heteroatoms. The summed E-state index contributed by atoms with van der Waals surface area (Å²) in [5, 5.41) is 16.1. The molecule has 0 spiro atoms. The van der Waals surface area contributed by atoms with Crippen LogP contribution in [0, 0.1) is 20.8 Å². The number of H-pyrrole nitrogens is 1. The SMILES string of the molecule is Cc1n[nH]c(C)c1NCc1cnc2c(c1)c(C)nn2C. The molecule has 20 heavy (non-hydrogen) atoms. The molecule has 0 bridgehead atoms. The van der Waals surface area contributed by atoms with Crippen LogP contribution in [-0.4, -0.2) is 25.0 Å². The molecule has 0 aromatic carbocycles. The molecule has 3 aromatic rings. The van der Waals surface area contributed by atoms with Gasteiger partial charge in [-0.2, -0.15) is 10.2 Å². The largest absolute Gasteiger partial charge is 0.378 e. The van der Waals surface area contributed by atoms with Gasteiger partial charge in [-0.05, 0) is 32.4 Å². The number of hydrogen-bond acceptors (Lipinski definition) is 4. The van der Waals surface area contributed by atoms with Gasteiger partial charge in [-0.15, -0.1) is 0 Å². The van der Waals surface area contributed by atoms with Crippen LogP contribution in [0.1, 0.15) is 22.6 Å². The summed E-state index contributed by atoms with van der Waals surface area (Å²) < 4.78 is 1.81.